The van der Waals surface area contributed by atoms with Crippen LogP contribution in [0.15, 0.2) is 24.5 Å². The highest BCUT2D eigenvalue weighted by Gasteiger charge is 2.54. The molecule has 1 aliphatic carbocycles. The molecule has 24 heavy (non-hydrogen) atoms. The van der Waals surface area contributed by atoms with Crippen LogP contribution in [-0.2, 0) is 15.8 Å². The molecule has 132 valence electrons. The number of hydrogen-bond donors (Lipinski definition) is 1. The highest BCUT2D eigenvalue weighted by Crippen LogP contribution is 2.49. The highest BCUT2D eigenvalue weighted by atomic mass is 32.2. The first-order valence-electron chi connectivity index (χ1n) is 8.61. The average Bonchev–Trinajstić information content (AvgIpc) is 2.57. The van der Waals surface area contributed by atoms with Crippen molar-refractivity contribution in [2.75, 3.05) is 7.05 Å². The Morgan fingerprint density at radius 1 is 1.38 bits per heavy atom. The molecule has 6 heteroatoms. The fraction of sp³-hybridized carbons (Fsp3) is 0.667. The summed E-state index contributed by atoms with van der Waals surface area (Å²) in [7, 11) is 0.680. The molecule has 3 heterocycles. The van der Waals surface area contributed by atoms with Gasteiger partial charge in [-0.15, -0.1) is 0 Å². The minimum absolute atomic E-state index is 0.166. The second-order valence-electron chi connectivity index (χ2n) is 7.99. The van der Waals surface area contributed by atoms with Crippen molar-refractivity contribution in [2.45, 2.75) is 62.8 Å². The van der Waals surface area contributed by atoms with Gasteiger partial charge < -0.3 is 4.90 Å². The van der Waals surface area contributed by atoms with Crippen molar-refractivity contribution in [1.82, 2.24) is 14.6 Å². The smallest absolute Gasteiger partial charge is 0.225 e. The van der Waals surface area contributed by atoms with Crippen molar-refractivity contribution in [3.05, 3.63) is 30.1 Å². The van der Waals surface area contributed by atoms with E-state index >= 15 is 0 Å². The van der Waals surface area contributed by atoms with Gasteiger partial charge in [-0.25, -0.2) is 8.93 Å². The summed E-state index contributed by atoms with van der Waals surface area (Å²) in [4.78, 5) is 18.8. The molecular formula is C18H27N3O2S. The maximum atomic E-state index is 12.8. The summed E-state index contributed by atoms with van der Waals surface area (Å²) in [6, 6.07) is 3.73. The van der Waals surface area contributed by atoms with E-state index in [4.69, 9.17) is 0 Å². The number of nitrogens with zero attached hydrogens (tertiary/aromatic N) is 2. The van der Waals surface area contributed by atoms with E-state index in [2.05, 4.69) is 9.71 Å². The third kappa shape index (κ3) is 2.90. The molecule has 1 amide bonds. The summed E-state index contributed by atoms with van der Waals surface area (Å²) in [5.74, 6) is 0.393. The number of carbonyl (C=O) groups is 1. The number of nitrogens with one attached hydrogen (secondary N) is 1. The summed E-state index contributed by atoms with van der Waals surface area (Å²) >= 11 is 0. The fourth-order valence-electron chi connectivity index (χ4n) is 3.99. The number of fused-ring (bicyclic) bond motifs is 3. The van der Waals surface area contributed by atoms with Crippen LogP contribution in [0.3, 0.4) is 0 Å². The first-order chi connectivity index (χ1) is 11.3. The summed E-state index contributed by atoms with van der Waals surface area (Å²) in [6.45, 7) is 5.88. The topological polar surface area (TPSA) is 62.3 Å². The van der Waals surface area contributed by atoms with Crippen molar-refractivity contribution < 1.29 is 9.00 Å². The number of rotatable bonds is 4. The summed E-state index contributed by atoms with van der Waals surface area (Å²) in [5, 5.41) is 0. The molecule has 1 aromatic heterocycles. The van der Waals surface area contributed by atoms with Crippen molar-refractivity contribution >= 4 is 16.9 Å². The first-order valence-corrected chi connectivity index (χ1v) is 9.76. The minimum atomic E-state index is -1.22. The van der Waals surface area contributed by atoms with E-state index in [-0.39, 0.29) is 28.2 Å². The van der Waals surface area contributed by atoms with Crippen LogP contribution in [0.1, 0.15) is 58.1 Å². The molecule has 2 saturated heterocycles. The summed E-state index contributed by atoms with van der Waals surface area (Å²) in [5.41, 5.74) is 0.672. The Hall–Kier alpha value is -1.27. The summed E-state index contributed by atoms with van der Waals surface area (Å²) in [6.07, 6.45) is 7.28. The van der Waals surface area contributed by atoms with Crippen LogP contribution >= 0.6 is 0 Å². The Kier molecular flexibility index (Phi) is 4.55. The zero-order chi connectivity index (χ0) is 17.5. The van der Waals surface area contributed by atoms with Gasteiger partial charge in [0.2, 0.25) is 5.91 Å². The van der Waals surface area contributed by atoms with E-state index in [0.29, 0.717) is 0 Å². The lowest BCUT2D eigenvalue weighted by molar-refractivity contribution is -0.155. The number of likely N-dealkylation sites (N-methyl/N-ethyl adjacent to an activating group) is 1. The van der Waals surface area contributed by atoms with Gasteiger partial charge in [0.15, 0.2) is 0 Å². The molecule has 3 fully saturated rings. The number of aromatic nitrogens is 1. The zero-order valence-electron chi connectivity index (χ0n) is 14.9. The van der Waals surface area contributed by atoms with Crippen molar-refractivity contribution in [3.63, 3.8) is 0 Å². The summed E-state index contributed by atoms with van der Waals surface area (Å²) < 4.78 is 15.8. The van der Waals surface area contributed by atoms with Gasteiger partial charge in [0.25, 0.3) is 0 Å². The second-order valence-corrected chi connectivity index (χ2v) is 9.99. The van der Waals surface area contributed by atoms with Crippen LogP contribution in [0.5, 0.6) is 0 Å². The molecule has 0 aromatic carbocycles. The van der Waals surface area contributed by atoms with Crippen LogP contribution in [0.4, 0.5) is 0 Å². The fourth-order valence-corrected chi connectivity index (χ4v) is 4.92. The van der Waals surface area contributed by atoms with Gasteiger partial charge in [-0.05, 0) is 58.1 Å². The van der Waals surface area contributed by atoms with Crippen LogP contribution in [0, 0.1) is 5.92 Å². The monoisotopic (exact) mass is 349 g/mol. The second kappa shape index (κ2) is 6.23. The number of carbonyl (C=O) groups excluding carboxylic acids is 1. The lowest BCUT2D eigenvalue weighted by Gasteiger charge is -2.56. The Labute approximate surface area is 146 Å². The number of amides is 1. The number of pyridine rings is 1. The maximum Gasteiger partial charge on any atom is 0.225 e. The third-order valence-electron chi connectivity index (χ3n) is 5.54. The molecule has 2 aliphatic heterocycles. The van der Waals surface area contributed by atoms with Gasteiger partial charge >= 0.3 is 0 Å². The SMILES string of the molecule is CN1C(=O)C2CCC1(C(NS(=O)C(C)(C)C)c1cccnc1)CC2. The number of piperidine rings is 2. The van der Waals surface area contributed by atoms with E-state index in [1.165, 1.54) is 0 Å². The van der Waals surface area contributed by atoms with Crippen molar-refractivity contribution in [2.24, 2.45) is 5.92 Å². The third-order valence-corrected chi connectivity index (χ3v) is 7.10. The molecule has 2 atom stereocenters. The van der Waals surface area contributed by atoms with Crippen LogP contribution in [0.2, 0.25) is 0 Å². The van der Waals surface area contributed by atoms with Gasteiger partial charge in [-0.1, -0.05) is 6.07 Å². The first kappa shape index (κ1) is 17.5. The molecule has 2 unspecified atom stereocenters. The average molecular weight is 350 g/mol. The van der Waals surface area contributed by atoms with Crippen LogP contribution in [-0.4, -0.2) is 37.3 Å². The lowest BCUT2D eigenvalue weighted by Crippen LogP contribution is -2.65. The molecular weight excluding hydrogens is 322 g/mol. The standard InChI is InChI=1S/C18H27N3O2S/c1-17(2,3)24(23)20-15(14-6-5-11-19-12-14)18-9-7-13(8-10-18)16(22)21(18)4/h5-6,11-13,15,20H,7-10H2,1-4H3. The van der Waals surface area contributed by atoms with Gasteiger partial charge in [0, 0.05) is 25.4 Å². The van der Waals surface area contributed by atoms with E-state index in [1.807, 2.05) is 51.0 Å². The molecule has 0 spiro atoms. The Morgan fingerprint density at radius 2 is 2.04 bits per heavy atom. The molecule has 2 bridgehead atoms. The molecule has 1 N–H and O–H groups in total. The van der Waals surface area contributed by atoms with Crippen LogP contribution < -0.4 is 4.72 Å². The van der Waals surface area contributed by atoms with E-state index in [9.17, 15) is 9.00 Å². The number of hydrogen-bond acceptors (Lipinski definition) is 3. The van der Waals surface area contributed by atoms with Crippen LogP contribution in [0.25, 0.3) is 0 Å². The van der Waals surface area contributed by atoms with Crippen molar-refractivity contribution in [3.8, 4) is 0 Å². The Balaban J connectivity index is 2.01. The largest absolute Gasteiger partial charge is 0.338 e. The van der Waals surface area contributed by atoms with E-state index in [0.717, 1.165) is 31.2 Å². The molecule has 4 rings (SSSR count). The molecule has 5 nitrogen and oxygen atoms in total. The normalized spacial score (nSPS) is 29.6. The van der Waals surface area contributed by atoms with Gasteiger partial charge in [0.05, 0.1) is 27.3 Å². The molecule has 3 aliphatic rings. The van der Waals surface area contributed by atoms with Gasteiger partial charge in [-0.2, -0.15) is 0 Å². The molecule has 1 saturated carbocycles. The molecule has 1 aromatic rings. The highest BCUT2D eigenvalue weighted by molar-refractivity contribution is 7.84. The quantitative estimate of drug-likeness (QED) is 0.909. The zero-order valence-corrected chi connectivity index (χ0v) is 15.7. The predicted octanol–water partition coefficient (Wildman–Crippen LogP) is 2.58. The van der Waals surface area contributed by atoms with E-state index in [1.54, 1.807) is 6.20 Å². The minimum Gasteiger partial charge on any atom is -0.338 e. The van der Waals surface area contributed by atoms with E-state index < -0.39 is 11.0 Å². The Bertz CT molecular complexity index is 633. The molecule has 0 radical (unpaired) electrons. The van der Waals surface area contributed by atoms with Crippen molar-refractivity contribution in [1.29, 1.82) is 0 Å². The maximum absolute atomic E-state index is 12.8. The predicted molar refractivity (Wildman–Crippen MR) is 95.5 cm³/mol. The Morgan fingerprint density at radius 3 is 2.58 bits per heavy atom. The van der Waals surface area contributed by atoms with Gasteiger partial charge in [-0.3, -0.25) is 9.78 Å². The lowest BCUT2D eigenvalue weighted by atomic mass is 9.66. The van der Waals surface area contributed by atoms with Gasteiger partial charge in [0.1, 0.15) is 0 Å².